The number of aromatic amines is 1. The smallest absolute Gasteiger partial charge is 0.267 e. The van der Waals surface area contributed by atoms with E-state index in [1.165, 1.54) is 0 Å². The van der Waals surface area contributed by atoms with Crippen molar-refractivity contribution in [2.24, 2.45) is 0 Å². The maximum atomic E-state index is 12.2. The molecule has 20 heavy (non-hydrogen) atoms. The molecule has 2 aromatic rings. The summed E-state index contributed by atoms with van der Waals surface area (Å²) < 4.78 is 0. The predicted octanol–water partition coefficient (Wildman–Crippen LogP) is 2.91. The van der Waals surface area contributed by atoms with Gasteiger partial charge in [-0.3, -0.25) is 4.79 Å². The van der Waals surface area contributed by atoms with E-state index in [9.17, 15) is 4.79 Å². The Morgan fingerprint density at radius 3 is 2.90 bits per heavy atom. The van der Waals surface area contributed by atoms with Gasteiger partial charge in [-0.1, -0.05) is 23.2 Å². The fourth-order valence-corrected chi connectivity index (χ4v) is 3.15. The molecule has 0 aliphatic carbocycles. The van der Waals surface area contributed by atoms with Gasteiger partial charge in [0.05, 0.1) is 5.02 Å². The molecule has 1 aromatic heterocycles. The number of rotatable bonds is 2. The SMILES string of the molecule is CN1CC[C@H](NC(=O)c2cc3c(Cl)cc(Cl)cc3[nH]2)C1. The Kier molecular flexibility index (Phi) is 3.63. The molecule has 1 fully saturated rings. The first-order chi connectivity index (χ1) is 9.52. The van der Waals surface area contributed by atoms with Crippen LogP contribution in [0.25, 0.3) is 10.9 Å². The quantitative estimate of drug-likeness (QED) is 0.896. The topological polar surface area (TPSA) is 48.1 Å². The largest absolute Gasteiger partial charge is 0.350 e. The lowest BCUT2D eigenvalue weighted by Gasteiger charge is -2.11. The van der Waals surface area contributed by atoms with Crippen LogP contribution in [0.4, 0.5) is 0 Å². The average Bonchev–Trinajstić information content (AvgIpc) is 2.95. The van der Waals surface area contributed by atoms with Crippen LogP contribution in [0.15, 0.2) is 18.2 Å². The highest BCUT2D eigenvalue weighted by Gasteiger charge is 2.22. The Labute approximate surface area is 127 Å². The van der Waals surface area contributed by atoms with Crippen LogP contribution in [0.1, 0.15) is 16.9 Å². The fourth-order valence-electron chi connectivity index (χ4n) is 2.60. The van der Waals surface area contributed by atoms with Crippen molar-refractivity contribution in [2.75, 3.05) is 20.1 Å². The summed E-state index contributed by atoms with van der Waals surface area (Å²) in [6.07, 6.45) is 0.981. The van der Waals surface area contributed by atoms with Crippen molar-refractivity contribution in [1.82, 2.24) is 15.2 Å². The van der Waals surface area contributed by atoms with Crippen molar-refractivity contribution < 1.29 is 4.79 Å². The standard InChI is InChI=1S/C14H15Cl2N3O/c1-19-3-2-9(7-19)17-14(20)13-6-10-11(16)4-8(15)5-12(10)18-13/h4-6,9,18H,2-3,7H2,1H3,(H,17,20)/t9-/m0/s1. The third-order valence-electron chi connectivity index (χ3n) is 3.62. The molecule has 4 nitrogen and oxygen atoms in total. The first-order valence-electron chi connectivity index (χ1n) is 6.50. The Bertz CT molecular complexity index is 668. The van der Waals surface area contributed by atoms with Crippen LogP contribution < -0.4 is 5.32 Å². The van der Waals surface area contributed by atoms with Gasteiger partial charge in [-0.25, -0.2) is 0 Å². The molecule has 0 unspecified atom stereocenters. The van der Waals surface area contributed by atoms with E-state index in [-0.39, 0.29) is 11.9 Å². The van der Waals surface area contributed by atoms with E-state index >= 15 is 0 Å². The van der Waals surface area contributed by atoms with Crippen molar-refractivity contribution in [1.29, 1.82) is 0 Å². The highest BCUT2D eigenvalue weighted by Crippen LogP contribution is 2.28. The molecule has 1 aliphatic heterocycles. The molecule has 0 saturated carbocycles. The lowest BCUT2D eigenvalue weighted by molar-refractivity contribution is 0.0934. The number of benzene rings is 1. The summed E-state index contributed by atoms with van der Waals surface area (Å²) in [4.78, 5) is 17.5. The van der Waals surface area contributed by atoms with E-state index in [0.717, 1.165) is 30.4 Å². The lowest BCUT2D eigenvalue weighted by Crippen LogP contribution is -2.36. The number of nitrogens with one attached hydrogen (secondary N) is 2. The van der Waals surface area contributed by atoms with Gasteiger partial charge in [0.25, 0.3) is 5.91 Å². The predicted molar refractivity (Wildman–Crippen MR) is 81.7 cm³/mol. The Balaban J connectivity index is 1.83. The van der Waals surface area contributed by atoms with Gasteiger partial charge in [-0.2, -0.15) is 0 Å². The van der Waals surface area contributed by atoms with Crippen LogP contribution in [-0.2, 0) is 0 Å². The normalized spacial score (nSPS) is 19.6. The molecule has 3 rings (SSSR count). The first-order valence-corrected chi connectivity index (χ1v) is 7.25. The van der Waals surface area contributed by atoms with Crippen molar-refractivity contribution in [3.8, 4) is 0 Å². The van der Waals surface area contributed by atoms with Crippen molar-refractivity contribution in [3.63, 3.8) is 0 Å². The number of hydrogen-bond acceptors (Lipinski definition) is 2. The van der Waals surface area contributed by atoms with Crippen molar-refractivity contribution >= 4 is 40.0 Å². The van der Waals surface area contributed by atoms with Crippen LogP contribution >= 0.6 is 23.2 Å². The number of H-pyrrole nitrogens is 1. The van der Waals surface area contributed by atoms with Gasteiger partial charge in [-0.15, -0.1) is 0 Å². The Hall–Kier alpha value is -1.23. The van der Waals surface area contributed by atoms with Crippen LogP contribution in [0.5, 0.6) is 0 Å². The van der Waals surface area contributed by atoms with E-state index in [2.05, 4.69) is 22.2 Å². The summed E-state index contributed by atoms with van der Waals surface area (Å²) in [5, 5.41) is 4.94. The van der Waals surface area contributed by atoms with Gasteiger partial charge in [0.15, 0.2) is 0 Å². The summed E-state index contributed by atoms with van der Waals surface area (Å²) in [7, 11) is 2.05. The Morgan fingerprint density at radius 1 is 1.40 bits per heavy atom. The molecular formula is C14H15Cl2N3O. The van der Waals surface area contributed by atoms with Gasteiger partial charge >= 0.3 is 0 Å². The van der Waals surface area contributed by atoms with Crippen LogP contribution in [0, 0.1) is 0 Å². The number of likely N-dealkylation sites (N-methyl/N-ethyl adjacent to an activating group) is 1. The third-order valence-corrected chi connectivity index (χ3v) is 4.15. The number of aromatic nitrogens is 1. The number of hydrogen-bond donors (Lipinski definition) is 2. The molecule has 1 saturated heterocycles. The fraction of sp³-hybridized carbons (Fsp3) is 0.357. The first kappa shape index (κ1) is 13.7. The summed E-state index contributed by atoms with van der Waals surface area (Å²) in [5.41, 5.74) is 1.29. The maximum Gasteiger partial charge on any atom is 0.267 e. The molecular weight excluding hydrogens is 297 g/mol. The highest BCUT2D eigenvalue weighted by atomic mass is 35.5. The van der Waals surface area contributed by atoms with Crippen LogP contribution in [0.2, 0.25) is 10.0 Å². The van der Waals surface area contributed by atoms with Crippen molar-refractivity contribution in [2.45, 2.75) is 12.5 Å². The van der Waals surface area contributed by atoms with Crippen LogP contribution in [-0.4, -0.2) is 42.0 Å². The summed E-state index contributed by atoms with van der Waals surface area (Å²) in [6, 6.07) is 5.41. The van der Waals surface area contributed by atoms with Gasteiger partial charge < -0.3 is 15.2 Å². The van der Waals surface area contributed by atoms with Gasteiger partial charge in [0, 0.05) is 28.5 Å². The summed E-state index contributed by atoms with van der Waals surface area (Å²) in [6.45, 7) is 1.90. The minimum absolute atomic E-state index is 0.103. The molecule has 1 aromatic carbocycles. The lowest BCUT2D eigenvalue weighted by atomic mass is 10.2. The number of nitrogens with zero attached hydrogens (tertiary/aromatic N) is 1. The third kappa shape index (κ3) is 2.64. The summed E-state index contributed by atoms with van der Waals surface area (Å²) in [5.74, 6) is -0.103. The minimum Gasteiger partial charge on any atom is -0.350 e. The van der Waals surface area contributed by atoms with Crippen LogP contribution in [0.3, 0.4) is 0 Å². The number of carbonyl (C=O) groups excluding carboxylic acids is 1. The Morgan fingerprint density at radius 2 is 2.20 bits per heavy atom. The van der Waals surface area contributed by atoms with E-state index < -0.39 is 0 Å². The zero-order chi connectivity index (χ0) is 14.3. The van der Waals surface area contributed by atoms with E-state index in [1.54, 1.807) is 18.2 Å². The zero-order valence-corrected chi connectivity index (χ0v) is 12.6. The average molecular weight is 312 g/mol. The molecule has 1 atom stereocenters. The molecule has 6 heteroatoms. The molecule has 1 aliphatic rings. The second kappa shape index (κ2) is 5.28. The molecule has 0 spiro atoms. The number of carbonyl (C=O) groups is 1. The monoisotopic (exact) mass is 311 g/mol. The molecule has 106 valence electrons. The van der Waals surface area contributed by atoms with Gasteiger partial charge in [0.2, 0.25) is 0 Å². The molecule has 0 radical (unpaired) electrons. The summed E-state index contributed by atoms with van der Waals surface area (Å²) >= 11 is 12.1. The zero-order valence-electron chi connectivity index (χ0n) is 11.0. The second-order valence-corrected chi connectivity index (χ2v) is 6.10. The van der Waals surface area contributed by atoms with Gasteiger partial charge in [0.1, 0.15) is 5.69 Å². The molecule has 1 amide bonds. The molecule has 0 bridgehead atoms. The maximum absolute atomic E-state index is 12.2. The minimum atomic E-state index is -0.103. The number of amides is 1. The van der Waals surface area contributed by atoms with Gasteiger partial charge in [-0.05, 0) is 38.2 Å². The highest BCUT2D eigenvalue weighted by molar-refractivity contribution is 6.38. The molecule has 2 N–H and O–H groups in total. The van der Waals surface area contributed by atoms with E-state index in [1.807, 2.05) is 0 Å². The van der Waals surface area contributed by atoms with E-state index in [4.69, 9.17) is 23.2 Å². The molecule has 2 heterocycles. The number of fused-ring (bicyclic) bond motifs is 1. The van der Waals surface area contributed by atoms with Crippen molar-refractivity contribution in [3.05, 3.63) is 33.9 Å². The number of halogens is 2. The second-order valence-electron chi connectivity index (χ2n) is 5.25. The number of likely N-dealkylation sites (tertiary alicyclic amines) is 1. The van der Waals surface area contributed by atoms with E-state index in [0.29, 0.717) is 15.7 Å².